The van der Waals surface area contributed by atoms with Crippen LogP contribution in [0.3, 0.4) is 0 Å². The summed E-state index contributed by atoms with van der Waals surface area (Å²) in [5, 5.41) is 2.94. The molecule has 1 saturated heterocycles. The Morgan fingerprint density at radius 3 is 2.61 bits per heavy atom. The minimum atomic E-state index is -0.146. The van der Waals surface area contributed by atoms with E-state index in [1.54, 1.807) is 0 Å². The highest BCUT2D eigenvalue weighted by Gasteiger charge is 2.27. The van der Waals surface area contributed by atoms with Gasteiger partial charge in [-0.1, -0.05) is 6.07 Å². The number of hydrogen-bond acceptors (Lipinski definition) is 4. The van der Waals surface area contributed by atoms with E-state index in [1.807, 2.05) is 37.8 Å². The van der Waals surface area contributed by atoms with Crippen molar-refractivity contribution in [1.29, 1.82) is 0 Å². The molecule has 0 aromatic heterocycles. The molecule has 0 bridgehead atoms. The van der Waals surface area contributed by atoms with Gasteiger partial charge in [-0.2, -0.15) is 0 Å². The van der Waals surface area contributed by atoms with Crippen molar-refractivity contribution in [2.45, 2.75) is 33.6 Å². The molecule has 1 aromatic carbocycles. The smallest absolute Gasteiger partial charge is 0.310 e. The molecule has 5 nitrogen and oxygen atoms in total. The zero-order valence-corrected chi connectivity index (χ0v) is 14.2. The van der Waals surface area contributed by atoms with E-state index in [1.165, 1.54) is 0 Å². The van der Waals surface area contributed by atoms with Crippen LogP contribution in [0, 0.1) is 19.8 Å². The van der Waals surface area contributed by atoms with Crippen LogP contribution >= 0.6 is 0 Å². The summed E-state index contributed by atoms with van der Waals surface area (Å²) in [7, 11) is 0. The Bertz CT molecular complexity index is 551. The van der Waals surface area contributed by atoms with Gasteiger partial charge in [0.1, 0.15) is 0 Å². The second-order valence-electron chi connectivity index (χ2n) is 6.25. The fourth-order valence-electron chi connectivity index (χ4n) is 3.10. The highest BCUT2D eigenvalue weighted by Crippen LogP contribution is 2.18. The Hall–Kier alpha value is -1.88. The largest absolute Gasteiger partial charge is 0.466 e. The Labute approximate surface area is 138 Å². The first-order chi connectivity index (χ1) is 11.0. The van der Waals surface area contributed by atoms with E-state index >= 15 is 0 Å². The summed E-state index contributed by atoms with van der Waals surface area (Å²) < 4.78 is 5.09. The summed E-state index contributed by atoms with van der Waals surface area (Å²) in [6.45, 7) is 7.99. The number of carbonyl (C=O) groups is 2. The highest BCUT2D eigenvalue weighted by atomic mass is 16.5. The molecule has 0 aliphatic carbocycles. The predicted octanol–water partition coefficient (Wildman–Crippen LogP) is 2.52. The van der Waals surface area contributed by atoms with E-state index in [0.29, 0.717) is 19.7 Å². The first kappa shape index (κ1) is 17.5. The normalized spacial score (nSPS) is 18.5. The lowest BCUT2D eigenvalue weighted by atomic mass is 9.98. The summed E-state index contributed by atoms with van der Waals surface area (Å²) in [6.07, 6.45) is 1.76. The average molecular weight is 318 g/mol. The average Bonchev–Trinajstić information content (AvgIpc) is 2.46. The molecule has 0 unspecified atom stereocenters. The molecular formula is C18H26N2O3. The predicted molar refractivity (Wildman–Crippen MR) is 90.3 cm³/mol. The van der Waals surface area contributed by atoms with Crippen LogP contribution in [0.5, 0.6) is 0 Å². The number of nitrogens with zero attached hydrogens (tertiary/aromatic N) is 1. The Balaban J connectivity index is 1.88. The van der Waals surface area contributed by atoms with Gasteiger partial charge in [0.15, 0.2) is 0 Å². The lowest BCUT2D eigenvalue weighted by molar-refractivity contribution is -0.150. The summed E-state index contributed by atoms with van der Waals surface area (Å²) in [5.74, 6) is -0.302. The number of anilines is 1. The van der Waals surface area contributed by atoms with E-state index in [2.05, 4.69) is 11.4 Å². The maximum atomic E-state index is 12.2. The highest BCUT2D eigenvalue weighted by molar-refractivity contribution is 5.92. The van der Waals surface area contributed by atoms with Crippen molar-refractivity contribution >= 4 is 17.6 Å². The van der Waals surface area contributed by atoms with Gasteiger partial charge < -0.3 is 10.1 Å². The van der Waals surface area contributed by atoms with Gasteiger partial charge in [0.05, 0.1) is 19.1 Å². The molecule has 0 spiro atoms. The van der Waals surface area contributed by atoms with Crippen molar-refractivity contribution in [3.63, 3.8) is 0 Å². The molecule has 1 amide bonds. The number of amides is 1. The van der Waals surface area contributed by atoms with Gasteiger partial charge in [-0.3, -0.25) is 14.5 Å². The lowest BCUT2D eigenvalue weighted by Crippen LogP contribution is -2.43. The second kappa shape index (κ2) is 8.11. The second-order valence-corrected chi connectivity index (χ2v) is 6.25. The molecule has 1 aliphatic heterocycles. The number of benzene rings is 1. The zero-order valence-electron chi connectivity index (χ0n) is 14.2. The number of likely N-dealkylation sites (tertiary alicyclic amines) is 1. The van der Waals surface area contributed by atoms with Crippen molar-refractivity contribution in [2.24, 2.45) is 5.92 Å². The topological polar surface area (TPSA) is 58.6 Å². The molecule has 1 heterocycles. The van der Waals surface area contributed by atoms with Gasteiger partial charge >= 0.3 is 5.97 Å². The summed E-state index contributed by atoms with van der Waals surface area (Å²) in [4.78, 5) is 26.1. The molecule has 126 valence electrons. The maximum absolute atomic E-state index is 12.2. The number of hydrogen-bond donors (Lipinski definition) is 1. The zero-order chi connectivity index (χ0) is 16.8. The van der Waals surface area contributed by atoms with Crippen LogP contribution in [-0.2, 0) is 14.3 Å². The Kier molecular flexibility index (Phi) is 6.16. The molecule has 1 atom stereocenters. The van der Waals surface area contributed by atoms with E-state index in [0.717, 1.165) is 36.2 Å². The van der Waals surface area contributed by atoms with E-state index in [9.17, 15) is 9.59 Å². The quantitative estimate of drug-likeness (QED) is 0.848. The first-order valence-electron chi connectivity index (χ1n) is 8.25. The van der Waals surface area contributed by atoms with Crippen molar-refractivity contribution in [3.05, 3.63) is 29.3 Å². The number of carbonyl (C=O) groups excluding carboxylic acids is 2. The molecule has 1 fully saturated rings. The number of esters is 1. The SMILES string of the molecule is CCOC(=O)[C@H]1CCCN(CC(=O)Nc2cc(C)cc(C)c2)C1. The van der Waals surface area contributed by atoms with Gasteiger partial charge in [0, 0.05) is 12.2 Å². The number of rotatable bonds is 5. The third kappa shape index (κ3) is 5.36. The number of aryl methyl sites for hydroxylation is 2. The molecule has 1 aromatic rings. The minimum absolute atomic E-state index is 0.0421. The van der Waals surface area contributed by atoms with E-state index in [4.69, 9.17) is 4.74 Å². The fraction of sp³-hybridized carbons (Fsp3) is 0.556. The van der Waals surface area contributed by atoms with Gasteiger partial charge in [-0.05, 0) is 63.4 Å². The van der Waals surface area contributed by atoms with Crippen LogP contribution in [0.4, 0.5) is 5.69 Å². The van der Waals surface area contributed by atoms with Crippen LogP contribution < -0.4 is 5.32 Å². The molecule has 2 rings (SSSR count). The number of piperidine rings is 1. The molecule has 5 heteroatoms. The number of ether oxygens (including phenoxy) is 1. The summed E-state index contributed by atoms with van der Waals surface area (Å²) in [5.41, 5.74) is 3.08. The van der Waals surface area contributed by atoms with Gasteiger partial charge in [-0.25, -0.2) is 0 Å². The maximum Gasteiger partial charge on any atom is 0.310 e. The molecule has 0 radical (unpaired) electrons. The molecule has 1 aliphatic rings. The number of nitrogens with one attached hydrogen (secondary N) is 1. The molecular weight excluding hydrogens is 292 g/mol. The van der Waals surface area contributed by atoms with E-state index in [-0.39, 0.29) is 17.8 Å². The summed E-state index contributed by atoms with van der Waals surface area (Å²) >= 11 is 0. The third-order valence-electron chi connectivity index (χ3n) is 4.00. The van der Waals surface area contributed by atoms with Crippen LogP contribution in [-0.4, -0.2) is 43.0 Å². The molecule has 23 heavy (non-hydrogen) atoms. The lowest BCUT2D eigenvalue weighted by Gasteiger charge is -2.30. The van der Waals surface area contributed by atoms with Crippen LogP contribution in [0.15, 0.2) is 18.2 Å². The van der Waals surface area contributed by atoms with Crippen LogP contribution in [0.25, 0.3) is 0 Å². The van der Waals surface area contributed by atoms with Crippen molar-refractivity contribution in [3.8, 4) is 0 Å². The monoisotopic (exact) mass is 318 g/mol. The van der Waals surface area contributed by atoms with Gasteiger partial charge in [0.25, 0.3) is 0 Å². The molecule has 0 saturated carbocycles. The molecule has 1 N–H and O–H groups in total. The van der Waals surface area contributed by atoms with Gasteiger partial charge in [0.2, 0.25) is 5.91 Å². The Morgan fingerprint density at radius 2 is 1.96 bits per heavy atom. The van der Waals surface area contributed by atoms with Crippen LogP contribution in [0.1, 0.15) is 30.9 Å². The van der Waals surface area contributed by atoms with Crippen molar-refractivity contribution in [1.82, 2.24) is 4.90 Å². The third-order valence-corrected chi connectivity index (χ3v) is 4.00. The fourth-order valence-corrected chi connectivity index (χ4v) is 3.10. The van der Waals surface area contributed by atoms with E-state index < -0.39 is 0 Å². The first-order valence-corrected chi connectivity index (χ1v) is 8.25. The standard InChI is InChI=1S/C18H26N2O3/c1-4-23-18(22)15-6-5-7-20(11-15)12-17(21)19-16-9-13(2)8-14(3)10-16/h8-10,15H,4-7,11-12H2,1-3H3,(H,19,21)/t15-/m0/s1. The Morgan fingerprint density at radius 1 is 1.26 bits per heavy atom. The van der Waals surface area contributed by atoms with Crippen LogP contribution in [0.2, 0.25) is 0 Å². The van der Waals surface area contributed by atoms with Gasteiger partial charge in [-0.15, -0.1) is 0 Å². The van der Waals surface area contributed by atoms with Crippen molar-refractivity contribution in [2.75, 3.05) is 31.6 Å². The minimum Gasteiger partial charge on any atom is -0.466 e. The van der Waals surface area contributed by atoms with Crippen molar-refractivity contribution < 1.29 is 14.3 Å². The summed E-state index contributed by atoms with van der Waals surface area (Å²) in [6, 6.07) is 6.00.